The molecule has 0 aromatic carbocycles. The van der Waals surface area contributed by atoms with E-state index in [1.54, 1.807) is 7.11 Å². The number of hydrogen-bond donors (Lipinski definition) is 1. The summed E-state index contributed by atoms with van der Waals surface area (Å²) in [7, 11) is -8.54. The fourth-order valence-electron chi connectivity index (χ4n) is 3.90. The van der Waals surface area contributed by atoms with Crippen molar-refractivity contribution in [1.29, 1.82) is 0 Å². The zero-order valence-corrected chi connectivity index (χ0v) is 32.4. The van der Waals surface area contributed by atoms with Gasteiger partial charge in [0.1, 0.15) is 16.6 Å². The van der Waals surface area contributed by atoms with Crippen LogP contribution < -0.4 is 0 Å². The second-order valence-corrected chi connectivity index (χ2v) is 40.8. The predicted octanol–water partition coefficient (Wildman–Crippen LogP) is 3.20. The zero-order chi connectivity index (χ0) is 26.4. The Morgan fingerprint density at radius 3 is 1.61 bits per heavy atom. The van der Waals surface area contributed by atoms with E-state index in [0.29, 0.717) is 0 Å². The lowest BCUT2D eigenvalue weighted by molar-refractivity contribution is -0.244. The molecule has 200 valence electrons. The normalized spacial score (nSPS) is 17.6. The Morgan fingerprint density at radius 1 is 0.818 bits per heavy atom. The van der Waals surface area contributed by atoms with Crippen LogP contribution in [0.1, 0.15) is 12.8 Å². The minimum Gasteiger partial charge on any atom is -0.466 e. The van der Waals surface area contributed by atoms with Crippen LogP contribution in [0.3, 0.4) is 0 Å². The molecular weight excluding hydrogens is 537 g/mol. The molecule has 0 bridgehead atoms. The quantitative estimate of drug-likeness (QED) is 0.206. The molecule has 0 fully saturated rings. The summed E-state index contributed by atoms with van der Waals surface area (Å²) in [6.07, 6.45) is 1.24. The van der Waals surface area contributed by atoms with Crippen LogP contribution in [0, 0.1) is 0 Å². The smallest absolute Gasteiger partial charge is 0.320 e. The highest BCUT2D eigenvalue weighted by molar-refractivity contribution is 7.20. The molecule has 7 nitrogen and oxygen atoms in total. The first-order valence-electron chi connectivity index (χ1n) is 12.0. The van der Waals surface area contributed by atoms with Crippen molar-refractivity contribution in [2.75, 3.05) is 13.7 Å². The average Bonchev–Trinajstić information content (AvgIpc) is 2.54. The molecule has 0 heterocycles. The van der Waals surface area contributed by atoms with Crippen molar-refractivity contribution in [1.82, 2.24) is 0 Å². The Labute approximate surface area is 214 Å². The van der Waals surface area contributed by atoms with Gasteiger partial charge in [-0.1, -0.05) is 0 Å². The molecule has 0 spiro atoms. The summed E-state index contributed by atoms with van der Waals surface area (Å²) in [6, 6.07) is 0.889. The highest BCUT2D eigenvalue weighted by Crippen LogP contribution is 2.32. The lowest BCUT2D eigenvalue weighted by Crippen LogP contribution is -2.60. The van der Waals surface area contributed by atoms with Gasteiger partial charge in [0.2, 0.25) is 5.79 Å². The van der Waals surface area contributed by atoms with Crippen LogP contribution >= 0.6 is 0 Å². The SMILES string of the molecule is COC(CO)(O[Si](C)(C)C)C(CCC[Si](O[Si](C)(C)C)(O[Si](C)(C)C)[SiH2]O[SiH3])O[Si](C)(C)C. The molecule has 0 radical (unpaired) electrons. The summed E-state index contributed by atoms with van der Waals surface area (Å²) >= 11 is 0. The van der Waals surface area contributed by atoms with E-state index in [9.17, 15) is 5.11 Å². The van der Waals surface area contributed by atoms with E-state index in [4.69, 9.17) is 25.9 Å². The molecule has 0 rings (SSSR count). The number of hydrogen-bond acceptors (Lipinski definition) is 7. The zero-order valence-electron chi connectivity index (χ0n) is 24.0. The van der Waals surface area contributed by atoms with Crippen molar-refractivity contribution < 1.29 is 31.0 Å². The van der Waals surface area contributed by atoms with Crippen molar-refractivity contribution in [3.63, 3.8) is 0 Å². The van der Waals surface area contributed by atoms with Gasteiger partial charge >= 0.3 is 8.08 Å². The summed E-state index contributed by atoms with van der Waals surface area (Å²) in [5.41, 5.74) is 0. The van der Waals surface area contributed by atoms with Gasteiger partial charge in [0.15, 0.2) is 42.6 Å². The molecule has 33 heavy (non-hydrogen) atoms. The minimum absolute atomic E-state index is 0.235. The van der Waals surface area contributed by atoms with Crippen LogP contribution in [0.25, 0.3) is 0 Å². The lowest BCUT2D eigenvalue weighted by atomic mass is 10.1. The highest BCUT2D eigenvalue weighted by Gasteiger charge is 2.48. The van der Waals surface area contributed by atoms with E-state index in [-0.39, 0.29) is 12.7 Å². The van der Waals surface area contributed by atoms with Crippen LogP contribution in [-0.2, 0) is 25.9 Å². The maximum atomic E-state index is 10.4. The molecule has 2 unspecified atom stereocenters. The van der Waals surface area contributed by atoms with E-state index in [0.717, 1.165) is 29.4 Å². The van der Waals surface area contributed by atoms with Gasteiger partial charge in [-0.2, -0.15) is 0 Å². The number of aliphatic hydroxyl groups is 1. The van der Waals surface area contributed by atoms with E-state index in [2.05, 4.69) is 78.6 Å². The van der Waals surface area contributed by atoms with Gasteiger partial charge in [0.25, 0.3) is 0 Å². The van der Waals surface area contributed by atoms with Gasteiger partial charge in [0.05, 0.1) is 6.61 Å². The monoisotopic (exact) mass is 590 g/mol. The van der Waals surface area contributed by atoms with Crippen molar-refractivity contribution in [2.24, 2.45) is 0 Å². The maximum Gasteiger partial charge on any atom is 0.320 e. The first kappa shape index (κ1) is 34.2. The Morgan fingerprint density at radius 2 is 1.30 bits per heavy atom. The third-order valence-electron chi connectivity index (χ3n) is 4.40. The van der Waals surface area contributed by atoms with Crippen molar-refractivity contribution >= 4 is 61.1 Å². The molecule has 2 atom stereocenters. The lowest BCUT2D eigenvalue weighted by Gasteiger charge is -2.45. The fourth-order valence-corrected chi connectivity index (χ4v) is 33.8. The Balaban J connectivity index is 5.96. The van der Waals surface area contributed by atoms with Gasteiger partial charge < -0.3 is 31.0 Å². The minimum atomic E-state index is -2.42. The Bertz CT molecular complexity index is 549. The summed E-state index contributed by atoms with van der Waals surface area (Å²) in [5, 5.41) is 10.4. The molecular formula is C19H54O7Si7. The van der Waals surface area contributed by atoms with E-state index in [1.807, 2.05) is 0 Å². The third kappa shape index (κ3) is 14.5. The van der Waals surface area contributed by atoms with E-state index in [1.165, 1.54) is 0 Å². The first-order chi connectivity index (χ1) is 14.6. The van der Waals surface area contributed by atoms with Crippen molar-refractivity contribution in [2.45, 2.75) is 109 Å². The van der Waals surface area contributed by atoms with Gasteiger partial charge in [-0.15, -0.1) is 0 Å². The van der Waals surface area contributed by atoms with Gasteiger partial charge in [-0.25, -0.2) is 0 Å². The fraction of sp³-hybridized carbons (Fsp3) is 1.00. The summed E-state index contributed by atoms with van der Waals surface area (Å²) < 4.78 is 38.6. The number of methoxy groups -OCH3 is 1. The van der Waals surface area contributed by atoms with E-state index < -0.39 is 56.4 Å². The van der Waals surface area contributed by atoms with Crippen LogP contribution in [-0.4, -0.2) is 91.8 Å². The third-order valence-corrected chi connectivity index (χ3v) is 24.5. The van der Waals surface area contributed by atoms with E-state index >= 15 is 0 Å². The molecule has 14 heteroatoms. The average molecular weight is 591 g/mol. The predicted molar refractivity (Wildman–Crippen MR) is 158 cm³/mol. The van der Waals surface area contributed by atoms with Crippen LogP contribution in [0.2, 0.25) is 84.6 Å². The van der Waals surface area contributed by atoms with Crippen LogP contribution in [0.4, 0.5) is 0 Å². The Kier molecular flexibility index (Phi) is 13.7. The first-order valence-corrected chi connectivity index (χ1v) is 31.4. The second-order valence-electron chi connectivity index (χ2n) is 12.8. The summed E-state index contributed by atoms with van der Waals surface area (Å²) in [5.74, 6) is -1.15. The molecule has 0 amide bonds. The molecule has 0 aliphatic rings. The molecule has 0 aromatic rings. The van der Waals surface area contributed by atoms with Crippen LogP contribution in [0.5, 0.6) is 0 Å². The molecule has 0 aliphatic carbocycles. The maximum absolute atomic E-state index is 10.4. The second kappa shape index (κ2) is 13.2. The molecule has 0 saturated heterocycles. The molecule has 0 aliphatic heterocycles. The topological polar surface area (TPSA) is 75.6 Å². The van der Waals surface area contributed by atoms with Crippen molar-refractivity contribution in [3.05, 3.63) is 0 Å². The standard InChI is InChI=1S/C19H54O7Si7/c1-21-19(17-20,23-30(5,6)7)18(22-29(2,3)4)15-14-16-33(28-24-27,25-31(8,9)10)26-32(11,12)13/h18,20H,14-17,28H2,1-13,27H3. The summed E-state index contributed by atoms with van der Waals surface area (Å²) in [6.45, 7) is 26.0. The number of rotatable bonds is 17. The number of ether oxygens (including phenoxy) is 1. The van der Waals surface area contributed by atoms with Crippen molar-refractivity contribution in [3.8, 4) is 0 Å². The van der Waals surface area contributed by atoms with Gasteiger partial charge in [0, 0.05) is 7.11 Å². The Hall–Kier alpha value is 1.24. The molecule has 0 saturated carbocycles. The summed E-state index contributed by atoms with van der Waals surface area (Å²) in [4.78, 5) is 0. The largest absolute Gasteiger partial charge is 0.466 e. The molecule has 0 aromatic heterocycles. The molecule has 1 N–H and O–H groups in total. The highest BCUT2D eigenvalue weighted by atomic mass is 29.2. The van der Waals surface area contributed by atoms with Gasteiger partial charge in [-0.3, -0.25) is 0 Å². The number of aliphatic hydroxyl groups excluding tert-OH is 1. The van der Waals surface area contributed by atoms with Crippen LogP contribution in [0.15, 0.2) is 0 Å². The van der Waals surface area contributed by atoms with Gasteiger partial charge in [-0.05, 0) is 97.4 Å².